The molecule has 1 aromatic heterocycles. The summed E-state index contributed by atoms with van der Waals surface area (Å²) in [5, 5.41) is 18.7. The zero-order chi connectivity index (χ0) is 21.1. The summed E-state index contributed by atoms with van der Waals surface area (Å²) < 4.78 is 0. The monoisotopic (exact) mass is 396 g/mol. The largest absolute Gasteiger partial charge is 0.478 e. The molecule has 0 unspecified atom stereocenters. The van der Waals surface area contributed by atoms with Crippen molar-refractivity contribution < 1.29 is 9.90 Å². The van der Waals surface area contributed by atoms with E-state index < -0.39 is 5.97 Å². The van der Waals surface area contributed by atoms with Crippen LogP contribution in [-0.2, 0) is 0 Å². The number of hydrogen-bond acceptors (Lipinski definition) is 5. The van der Waals surface area contributed by atoms with Crippen LogP contribution >= 0.6 is 0 Å². The van der Waals surface area contributed by atoms with Gasteiger partial charge in [-0.05, 0) is 48.5 Å². The van der Waals surface area contributed by atoms with E-state index in [-0.39, 0.29) is 5.56 Å². The van der Waals surface area contributed by atoms with Gasteiger partial charge in [0.25, 0.3) is 0 Å². The lowest BCUT2D eigenvalue weighted by molar-refractivity contribution is 0.0699. The molecule has 4 aromatic rings. The Hall–Kier alpha value is -4.06. The second kappa shape index (κ2) is 8.13. The van der Waals surface area contributed by atoms with E-state index in [4.69, 9.17) is 0 Å². The van der Waals surface area contributed by atoms with Crippen molar-refractivity contribution in [1.29, 1.82) is 0 Å². The molecule has 0 aliphatic heterocycles. The molecule has 3 aromatic carbocycles. The first-order chi connectivity index (χ1) is 14.5. The van der Waals surface area contributed by atoms with Crippen LogP contribution in [0.25, 0.3) is 22.2 Å². The maximum atomic E-state index is 11.7. The summed E-state index contributed by atoms with van der Waals surface area (Å²) >= 11 is 0. The Bertz CT molecular complexity index is 1230. The number of para-hydroxylation sites is 1. The molecule has 0 aliphatic rings. The van der Waals surface area contributed by atoms with Crippen LogP contribution < -0.4 is 4.90 Å². The molecule has 0 aliphatic carbocycles. The SMILES string of the molecule is CN(C)c1ccc(N=Nc2ccc(-c3cc(C(=O)O)c4ccccc4n3)cc2)cc1. The molecule has 0 radical (unpaired) electrons. The third-order valence-corrected chi connectivity index (χ3v) is 4.76. The summed E-state index contributed by atoms with van der Waals surface area (Å²) in [5.74, 6) is -0.972. The van der Waals surface area contributed by atoms with Gasteiger partial charge in [-0.3, -0.25) is 0 Å². The fourth-order valence-corrected chi connectivity index (χ4v) is 3.13. The predicted molar refractivity (Wildman–Crippen MR) is 119 cm³/mol. The lowest BCUT2D eigenvalue weighted by atomic mass is 10.0. The van der Waals surface area contributed by atoms with E-state index in [2.05, 4.69) is 15.2 Å². The van der Waals surface area contributed by atoms with Crippen LogP contribution in [0.2, 0.25) is 0 Å². The molecule has 0 fully saturated rings. The predicted octanol–water partition coefficient (Wildman–Crippen LogP) is 6.08. The van der Waals surface area contributed by atoms with Crippen LogP contribution in [0.4, 0.5) is 17.1 Å². The summed E-state index contributed by atoms with van der Waals surface area (Å²) in [7, 11) is 3.98. The third kappa shape index (κ3) is 4.03. The maximum absolute atomic E-state index is 11.7. The van der Waals surface area contributed by atoms with Crippen molar-refractivity contribution in [2.45, 2.75) is 0 Å². The molecule has 1 heterocycles. The molecule has 0 spiro atoms. The van der Waals surface area contributed by atoms with E-state index in [0.29, 0.717) is 22.3 Å². The number of azo groups is 1. The number of carboxylic acids is 1. The summed E-state index contributed by atoms with van der Waals surface area (Å²) in [5.41, 5.74) is 4.88. The first kappa shape index (κ1) is 19.3. The van der Waals surface area contributed by atoms with Gasteiger partial charge in [-0.15, -0.1) is 0 Å². The zero-order valence-electron chi connectivity index (χ0n) is 16.6. The Kier molecular flexibility index (Phi) is 5.22. The van der Waals surface area contributed by atoms with Crippen molar-refractivity contribution in [1.82, 2.24) is 4.98 Å². The Labute approximate surface area is 174 Å². The minimum Gasteiger partial charge on any atom is -0.478 e. The van der Waals surface area contributed by atoms with Crippen LogP contribution in [0.15, 0.2) is 89.1 Å². The summed E-state index contributed by atoms with van der Waals surface area (Å²) in [6.45, 7) is 0. The molecular weight excluding hydrogens is 376 g/mol. The van der Waals surface area contributed by atoms with Crippen LogP contribution in [0, 0.1) is 0 Å². The number of carboxylic acid groups (broad SMARTS) is 1. The lowest BCUT2D eigenvalue weighted by Crippen LogP contribution is -2.07. The molecule has 0 bridgehead atoms. The van der Waals surface area contributed by atoms with Gasteiger partial charge in [-0.1, -0.05) is 30.3 Å². The van der Waals surface area contributed by atoms with Gasteiger partial charge in [-0.2, -0.15) is 10.2 Å². The molecule has 30 heavy (non-hydrogen) atoms. The molecule has 0 amide bonds. The lowest BCUT2D eigenvalue weighted by Gasteiger charge is -2.11. The molecular formula is C24H20N4O2. The van der Waals surface area contributed by atoms with Gasteiger partial charge in [0.2, 0.25) is 0 Å². The van der Waals surface area contributed by atoms with E-state index in [0.717, 1.165) is 16.9 Å². The fraction of sp³-hybridized carbons (Fsp3) is 0.0833. The maximum Gasteiger partial charge on any atom is 0.336 e. The van der Waals surface area contributed by atoms with Crippen LogP contribution in [0.5, 0.6) is 0 Å². The molecule has 1 N–H and O–H groups in total. The summed E-state index contributed by atoms with van der Waals surface area (Å²) in [4.78, 5) is 18.3. The van der Waals surface area contributed by atoms with E-state index >= 15 is 0 Å². The number of rotatable bonds is 5. The molecule has 0 saturated heterocycles. The first-order valence-electron chi connectivity index (χ1n) is 9.44. The van der Waals surface area contributed by atoms with Gasteiger partial charge in [0.15, 0.2) is 0 Å². The number of benzene rings is 3. The van der Waals surface area contributed by atoms with E-state index in [9.17, 15) is 9.90 Å². The highest BCUT2D eigenvalue weighted by Crippen LogP contribution is 2.27. The highest BCUT2D eigenvalue weighted by atomic mass is 16.4. The summed E-state index contributed by atoms with van der Waals surface area (Å²) in [6, 6.07) is 24.1. The topological polar surface area (TPSA) is 78.2 Å². The van der Waals surface area contributed by atoms with Crippen molar-refractivity contribution >= 4 is 33.9 Å². The molecule has 6 nitrogen and oxygen atoms in total. The van der Waals surface area contributed by atoms with E-state index in [1.54, 1.807) is 12.1 Å². The Morgan fingerprint density at radius 3 is 2.07 bits per heavy atom. The second-order valence-electron chi connectivity index (χ2n) is 7.04. The number of fused-ring (bicyclic) bond motifs is 1. The second-order valence-corrected chi connectivity index (χ2v) is 7.04. The number of aromatic carboxylic acids is 1. The van der Waals surface area contributed by atoms with Gasteiger partial charge in [0.05, 0.1) is 28.1 Å². The normalized spacial score (nSPS) is 11.1. The standard InChI is InChI=1S/C24H20N4O2/c1-28(2)19-13-11-18(12-14-19)27-26-17-9-7-16(8-10-17)23-15-21(24(29)30)20-5-3-4-6-22(20)25-23/h3-15H,1-2H3,(H,29,30). The smallest absolute Gasteiger partial charge is 0.336 e. The molecule has 6 heteroatoms. The Balaban J connectivity index is 1.60. The van der Waals surface area contributed by atoms with Gasteiger partial charge in [0, 0.05) is 30.7 Å². The average Bonchev–Trinajstić information content (AvgIpc) is 2.77. The molecule has 4 rings (SSSR count). The number of hydrogen-bond donors (Lipinski definition) is 1. The van der Waals surface area contributed by atoms with Crippen molar-refractivity contribution in [3.8, 4) is 11.3 Å². The highest BCUT2D eigenvalue weighted by molar-refractivity contribution is 6.03. The van der Waals surface area contributed by atoms with E-state index in [1.807, 2.05) is 85.7 Å². The fourth-order valence-electron chi connectivity index (χ4n) is 3.13. The van der Waals surface area contributed by atoms with Crippen molar-refractivity contribution in [3.05, 3.63) is 84.4 Å². The molecule has 0 saturated carbocycles. The molecule has 0 atom stereocenters. The number of nitrogens with zero attached hydrogens (tertiary/aromatic N) is 4. The minimum atomic E-state index is -0.972. The number of aromatic nitrogens is 1. The minimum absolute atomic E-state index is 0.237. The van der Waals surface area contributed by atoms with Gasteiger partial charge < -0.3 is 10.0 Å². The van der Waals surface area contributed by atoms with Crippen LogP contribution in [0.1, 0.15) is 10.4 Å². The molecule has 148 valence electrons. The first-order valence-corrected chi connectivity index (χ1v) is 9.44. The van der Waals surface area contributed by atoms with Crippen LogP contribution in [0.3, 0.4) is 0 Å². The number of pyridine rings is 1. The van der Waals surface area contributed by atoms with Gasteiger partial charge in [0.1, 0.15) is 0 Å². The van der Waals surface area contributed by atoms with Gasteiger partial charge >= 0.3 is 5.97 Å². The van der Waals surface area contributed by atoms with Crippen LogP contribution in [-0.4, -0.2) is 30.2 Å². The zero-order valence-corrected chi connectivity index (χ0v) is 16.6. The quantitative estimate of drug-likeness (QED) is 0.415. The van der Waals surface area contributed by atoms with Crippen molar-refractivity contribution in [3.63, 3.8) is 0 Å². The Morgan fingerprint density at radius 2 is 1.47 bits per heavy atom. The number of anilines is 1. The number of carbonyl (C=O) groups is 1. The van der Waals surface area contributed by atoms with Crippen molar-refractivity contribution in [2.24, 2.45) is 10.2 Å². The summed E-state index contributed by atoms with van der Waals surface area (Å²) in [6.07, 6.45) is 0. The van der Waals surface area contributed by atoms with Crippen molar-refractivity contribution in [2.75, 3.05) is 19.0 Å². The average molecular weight is 396 g/mol. The van der Waals surface area contributed by atoms with E-state index in [1.165, 1.54) is 0 Å². The highest BCUT2D eigenvalue weighted by Gasteiger charge is 2.12. The third-order valence-electron chi connectivity index (χ3n) is 4.76. The van der Waals surface area contributed by atoms with Gasteiger partial charge in [-0.25, -0.2) is 9.78 Å². The Morgan fingerprint density at radius 1 is 0.867 bits per heavy atom.